The molecule has 1 heterocycles. The molecule has 1 aliphatic carbocycles. The fourth-order valence-electron chi connectivity index (χ4n) is 3.03. The topological polar surface area (TPSA) is 92.9 Å². The van der Waals surface area contributed by atoms with Gasteiger partial charge in [0.25, 0.3) is 5.91 Å². The number of carbonyl (C=O) groups excluding carboxylic acids is 2. The fourth-order valence-corrected chi connectivity index (χ4v) is 3.22. The van der Waals surface area contributed by atoms with Crippen LogP contribution in [0, 0.1) is 6.92 Å². The summed E-state index contributed by atoms with van der Waals surface area (Å²) in [6.07, 6.45) is 1.59. The maximum Gasteiger partial charge on any atom is 0.427 e. The standard InChI is InChI=1S/C19H20ClN3O4/c1-3-26-19(25)23-22-14-8-5-9-15-16(14)11(2)17(27-15)18(24)21-13-7-4-6-12(20)10-13/h4,6-7,10H,3,5,8-9H2,1-2H3,(H,21,24)(H,23,25)/b22-14+. The molecule has 0 unspecified atom stereocenters. The molecule has 2 N–H and O–H groups in total. The summed E-state index contributed by atoms with van der Waals surface area (Å²) >= 11 is 5.95. The molecule has 0 spiro atoms. The van der Waals surface area contributed by atoms with E-state index in [1.807, 2.05) is 0 Å². The maximum absolute atomic E-state index is 12.6. The monoisotopic (exact) mass is 389 g/mol. The Morgan fingerprint density at radius 3 is 2.89 bits per heavy atom. The Labute approximate surface area is 161 Å². The summed E-state index contributed by atoms with van der Waals surface area (Å²) < 4.78 is 10.6. The average molecular weight is 390 g/mol. The van der Waals surface area contributed by atoms with Gasteiger partial charge in [-0.15, -0.1) is 0 Å². The molecule has 8 heteroatoms. The van der Waals surface area contributed by atoms with Crippen molar-refractivity contribution in [2.45, 2.75) is 33.1 Å². The lowest BCUT2D eigenvalue weighted by Gasteiger charge is -2.13. The molecule has 2 aromatic rings. The van der Waals surface area contributed by atoms with Gasteiger partial charge in [-0.3, -0.25) is 4.79 Å². The Hall–Kier alpha value is -2.80. The second kappa shape index (κ2) is 8.26. The van der Waals surface area contributed by atoms with Gasteiger partial charge in [-0.05, 0) is 44.9 Å². The van der Waals surface area contributed by atoms with Crippen molar-refractivity contribution in [1.82, 2.24) is 5.43 Å². The van der Waals surface area contributed by atoms with Gasteiger partial charge in [0.05, 0.1) is 12.3 Å². The first kappa shape index (κ1) is 19.0. The second-order valence-electron chi connectivity index (χ2n) is 6.06. The van der Waals surface area contributed by atoms with Gasteiger partial charge in [-0.2, -0.15) is 5.10 Å². The lowest BCUT2D eigenvalue weighted by molar-refractivity contribution is 0.0994. The van der Waals surface area contributed by atoms with Gasteiger partial charge in [-0.25, -0.2) is 10.2 Å². The van der Waals surface area contributed by atoms with Crippen molar-refractivity contribution >= 4 is 35.0 Å². The largest absolute Gasteiger partial charge is 0.455 e. The van der Waals surface area contributed by atoms with E-state index in [1.165, 1.54) is 0 Å². The molecule has 1 aromatic heterocycles. The number of nitrogens with zero attached hydrogens (tertiary/aromatic N) is 1. The summed E-state index contributed by atoms with van der Waals surface area (Å²) in [7, 11) is 0. The Balaban J connectivity index is 1.84. The van der Waals surface area contributed by atoms with Gasteiger partial charge in [0.15, 0.2) is 5.76 Å². The lowest BCUT2D eigenvalue weighted by Crippen LogP contribution is -2.22. The number of furan rings is 1. The first-order valence-corrected chi connectivity index (χ1v) is 9.06. The number of hydrazone groups is 1. The normalized spacial score (nSPS) is 14.6. The van der Waals surface area contributed by atoms with E-state index >= 15 is 0 Å². The Morgan fingerprint density at radius 2 is 2.15 bits per heavy atom. The quantitative estimate of drug-likeness (QED) is 0.763. The Kier molecular flexibility index (Phi) is 5.81. The molecule has 0 saturated carbocycles. The van der Waals surface area contributed by atoms with Gasteiger partial charge in [0.2, 0.25) is 0 Å². The van der Waals surface area contributed by atoms with Crippen LogP contribution >= 0.6 is 11.6 Å². The smallest absolute Gasteiger partial charge is 0.427 e. The van der Waals surface area contributed by atoms with Crippen LogP contribution in [0.2, 0.25) is 5.02 Å². The van der Waals surface area contributed by atoms with Crippen LogP contribution in [0.3, 0.4) is 0 Å². The highest BCUT2D eigenvalue weighted by Crippen LogP contribution is 2.30. The minimum atomic E-state index is -0.614. The summed E-state index contributed by atoms with van der Waals surface area (Å²) in [6, 6.07) is 6.89. The summed E-state index contributed by atoms with van der Waals surface area (Å²) in [5.74, 6) is 0.562. The first-order chi connectivity index (χ1) is 13.0. The van der Waals surface area contributed by atoms with Crippen LogP contribution in [0.1, 0.15) is 47.2 Å². The van der Waals surface area contributed by atoms with Crippen molar-refractivity contribution in [2.24, 2.45) is 5.10 Å². The Bertz CT molecular complexity index is 904. The number of anilines is 1. The molecule has 3 rings (SSSR count). The SMILES string of the molecule is CCOC(=O)N/N=C1\CCCc2oc(C(=O)Nc3cccc(Cl)c3)c(C)c21. The molecule has 0 saturated heterocycles. The predicted octanol–water partition coefficient (Wildman–Crippen LogP) is 4.28. The Morgan fingerprint density at radius 1 is 1.33 bits per heavy atom. The van der Waals surface area contributed by atoms with Crippen molar-refractivity contribution in [3.63, 3.8) is 0 Å². The molecule has 0 aliphatic heterocycles. The van der Waals surface area contributed by atoms with E-state index in [0.29, 0.717) is 40.6 Å². The third-order valence-electron chi connectivity index (χ3n) is 4.17. The van der Waals surface area contributed by atoms with Crippen molar-refractivity contribution in [1.29, 1.82) is 0 Å². The molecule has 1 aromatic carbocycles. The van der Waals surface area contributed by atoms with Crippen LogP contribution in [0.5, 0.6) is 0 Å². The van der Waals surface area contributed by atoms with E-state index in [4.69, 9.17) is 20.8 Å². The number of rotatable bonds is 4. The average Bonchev–Trinajstić information content (AvgIpc) is 2.98. The highest BCUT2D eigenvalue weighted by Gasteiger charge is 2.28. The number of aryl methyl sites for hydroxylation is 1. The van der Waals surface area contributed by atoms with Crippen LogP contribution in [-0.2, 0) is 11.2 Å². The summed E-state index contributed by atoms with van der Waals surface area (Å²) in [6.45, 7) is 3.79. The number of benzene rings is 1. The predicted molar refractivity (Wildman–Crippen MR) is 102 cm³/mol. The molecule has 2 amide bonds. The second-order valence-corrected chi connectivity index (χ2v) is 6.50. The number of hydrogen-bond acceptors (Lipinski definition) is 5. The summed E-state index contributed by atoms with van der Waals surface area (Å²) in [5.41, 5.74) is 5.09. The molecule has 27 heavy (non-hydrogen) atoms. The van der Waals surface area contributed by atoms with Crippen molar-refractivity contribution < 1.29 is 18.7 Å². The van der Waals surface area contributed by atoms with Crippen molar-refractivity contribution in [3.8, 4) is 0 Å². The van der Waals surface area contributed by atoms with E-state index in [9.17, 15) is 9.59 Å². The van der Waals surface area contributed by atoms with E-state index in [1.54, 1.807) is 38.1 Å². The zero-order chi connectivity index (χ0) is 19.4. The number of amides is 2. The minimum absolute atomic E-state index is 0.228. The van der Waals surface area contributed by atoms with Crippen molar-refractivity contribution in [3.05, 3.63) is 51.9 Å². The molecule has 1 aliphatic rings. The van der Waals surface area contributed by atoms with Gasteiger partial charge in [0, 0.05) is 28.3 Å². The highest BCUT2D eigenvalue weighted by molar-refractivity contribution is 6.31. The zero-order valence-electron chi connectivity index (χ0n) is 15.1. The van der Waals surface area contributed by atoms with Crippen LogP contribution in [0.15, 0.2) is 33.8 Å². The molecule has 0 fully saturated rings. The van der Waals surface area contributed by atoms with E-state index in [2.05, 4.69) is 15.8 Å². The zero-order valence-corrected chi connectivity index (χ0v) is 15.9. The van der Waals surface area contributed by atoms with Crippen LogP contribution in [-0.4, -0.2) is 24.3 Å². The van der Waals surface area contributed by atoms with Gasteiger partial charge in [0.1, 0.15) is 5.76 Å². The van der Waals surface area contributed by atoms with Crippen LogP contribution < -0.4 is 10.7 Å². The van der Waals surface area contributed by atoms with Gasteiger partial charge >= 0.3 is 6.09 Å². The summed E-state index contributed by atoms with van der Waals surface area (Å²) in [4.78, 5) is 24.1. The molecule has 7 nitrogen and oxygen atoms in total. The lowest BCUT2D eigenvalue weighted by atomic mass is 9.93. The third kappa shape index (κ3) is 4.31. The van der Waals surface area contributed by atoms with Crippen LogP contribution in [0.25, 0.3) is 0 Å². The molecule has 0 radical (unpaired) electrons. The first-order valence-electron chi connectivity index (χ1n) is 8.68. The molecule has 0 atom stereocenters. The van der Waals surface area contributed by atoms with E-state index in [-0.39, 0.29) is 18.3 Å². The number of carbonyl (C=O) groups is 2. The van der Waals surface area contributed by atoms with Gasteiger partial charge in [-0.1, -0.05) is 17.7 Å². The van der Waals surface area contributed by atoms with E-state index < -0.39 is 6.09 Å². The molecule has 142 valence electrons. The summed E-state index contributed by atoms with van der Waals surface area (Å²) in [5, 5.41) is 7.47. The third-order valence-corrected chi connectivity index (χ3v) is 4.41. The molecular weight excluding hydrogens is 370 g/mol. The van der Waals surface area contributed by atoms with Crippen molar-refractivity contribution in [2.75, 3.05) is 11.9 Å². The van der Waals surface area contributed by atoms with Crippen LogP contribution in [0.4, 0.5) is 10.5 Å². The number of hydrogen-bond donors (Lipinski definition) is 2. The maximum atomic E-state index is 12.6. The molecule has 0 bridgehead atoms. The van der Waals surface area contributed by atoms with Gasteiger partial charge < -0.3 is 14.5 Å². The number of nitrogens with one attached hydrogen (secondary N) is 2. The molecular formula is C19H20ClN3O4. The number of ether oxygens (including phenoxy) is 1. The highest BCUT2D eigenvalue weighted by atomic mass is 35.5. The number of halogens is 1. The fraction of sp³-hybridized carbons (Fsp3) is 0.316. The minimum Gasteiger partial charge on any atom is -0.455 e. The van der Waals surface area contributed by atoms with E-state index in [0.717, 1.165) is 12.0 Å². The number of fused-ring (bicyclic) bond motifs is 1.